The molecular formula is C14H8BrN5O. The lowest BCUT2D eigenvalue weighted by molar-refractivity contribution is 0.619. The van der Waals surface area contributed by atoms with Crippen LogP contribution in [0.25, 0.3) is 28.2 Å². The molecule has 4 rings (SSSR count). The Morgan fingerprint density at radius 1 is 1.05 bits per heavy atom. The summed E-state index contributed by atoms with van der Waals surface area (Å²) in [5, 5.41) is 7.59. The van der Waals surface area contributed by atoms with E-state index in [2.05, 4.69) is 36.1 Å². The lowest BCUT2D eigenvalue weighted by Crippen LogP contribution is -1.88. The Labute approximate surface area is 127 Å². The summed E-state index contributed by atoms with van der Waals surface area (Å²) in [6, 6.07) is 7.67. The van der Waals surface area contributed by atoms with Crippen LogP contribution in [-0.4, -0.2) is 24.7 Å². The fourth-order valence-electron chi connectivity index (χ4n) is 2.06. The van der Waals surface area contributed by atoms with Gasteiger partial charge in [-0.1, -0.05) is 0 Å². The van der Waals surface area contributed by atoms with Gasteiger partial charge in [-0.15, -0.1) is 10.2 Å². The summed E-state index contributed by atoms with van der Waals surface area (Å²) < 4.78 is 8.51. The van der Waals surface area contributed by atoms with E-state index in [0.29, 0.717) is 11.5 Å². The minimum Gasteiger partial charge on any atom is -0.436 e. The predicted molar refractivity (Wildman–Crippen MR) is 79.9 cm³/mol. The van der Waals surface area contributed by atoms with Gasteiger partial charge in [0.15, 0.2) is 5.58 Å². The largest absolute Gasteiger partial charge is 0.436 e. The van der Waals surface area contributed by atoms with Crippen LogP contribution in [0.3, 0.4) is 0 Å². The Hall–Kier alpha value is -2.54. The van der Waals surface area contributed by atoms with Crippen molar-refractivity contribution in [3.63, 3.8) is 0 Å². The molecule has 0 amide bonds. The molecule has 0 bridgehead atoms. The normalized spacial score (nSPS) is 11.1. The van der Waals surface area contributed by atoms with Crippen LogP contribution in [0.1, 0.15) is 0 Å². The molecule has 0 aliphatic carbocycles. The lowest BCUT2D eigenvalue weighted by atomic mass is 10.3. The molecule has 0 saturated carbocycles. The third-order valence-electron chi connectivity index (χ3n) is 3.04. The molecule has 0 atom stereocenters. The molecule has 6 nitrogen and oxygen atoms in total. The monoisotopic (exact) mass is 341 g/mol. The number of benzene rings is 1. The van der Waals surface area contributed by atoms with Crippen LogP contribution in [0, 0.1) is 0 Å². The summed E-state index contributed by atoms with van der Waals surface area (Å²) in [5.41, 5.74) is 3.24. The van der Waals surface area contributed by atoms with Crippen molar-refractivity contribution in [3.8, 4) is 17.1 Å². The second-order valence-corrected chi connectivity index (χ2v) is 5.35. The molecule has 4 aromatic rings. The van der Waals surface area contributed by atoms with Gasteiger partial charge in [-0.25, -0.2) is 4.98 Å². The van der Waals surface area contributed by atoms with E-state index in [1.165, 1.54) is 0 Å². The number of nitrogens with zero attached hydrogens (tertiary/aromatic N) is 5. The summed E-state index contributed by atoms with van der Waals surface area (Å²) in [7, 11) is 0. The van der Waals surface area contributed by atoms with Crippen LogP contribution < -0.4 is 0 Å². The van der Waals surface area contributed by atoms with Crippen molar-refractivity contribution in [2.45, 2.75) is 0 Å². The molecule has 0 unspecified atom stereocenters. The maximum absolute atomic E-state index is 5.82. The van der Waals surface area contributed by atoms with E-state index >= 15 is 0 Å². The summed E-state index contributed by atoms with van der Waals surface area (Å²) in [6.07, 6.45) is 6.71. The number of fused-ring (bicyclic) bond motifs is 1. The third-order valence-corrected chi connectivity index (χ3v) is 3.47. The average molecular weight is 342 g/mol. The van der Waals surface area contributed by atoms with Crippen LogP contribution in [-0.2, 0) is 0 Å². The molecule has 0 fully saturated rings. The van der Waals surface area contributed by atoms with Gasteiger partial charge in [-0.05, 0) is 34.1 Å². The molecule has 0 N–H and O–H groups in total. The lowest BCUT2D eigenvalue weighted by Gasteiger charge is -1.98. The maximum atomic E-state index is 5.82. The molecule has 0 aliphatic rings. The van der Waals surface area contributed by atoms with Gasteiger partial charge in [0.1, 0.15) is 18.2 Å². The topological polar surface area (TPSA) is 69.6 Å². The zero-order valence-corrected chi connectivity index (χ0v) is 12.2. The van der Waals surface area contributed by atoms with Gasteiger partial charge in [0.25, 0.3) is 0 Å². The second-order valence-electron chi connectivity index (χ2n) is 4.43. The molecule has 7 heteroatoms. The van der Waals surface area contributed by atoms with Crippen molar-refractivity contribution in [1.29, 1.82) is 0 Å². The average Bonchev–Trinajstić information content (AvgIpc) is 3.16. The van der Waals surface area contributed by atoms with E-state index in [1.54, 1.807) is 25.0 Å². The van der Waals surface area contributed by atoms with Crippen molar-refractivity contribution in [1.82, 2.24) is 24.7 Å². The SMILES string of the molecule is Brc1cncc(-c2nc3ccc(-n4cnnc4)cc3o2)c1. The number of pyridine rings is 1. The fourth-order valence-corrected chi connectivity index (χ4v) is 2.43. The first-order valence-electron chi connectivity index (χ1n) is 6.16. The molecule has 21 heavy (non-hydrogen) atoms. The maximum Gasteiger partial charge on any atom is 0.228 e. The molecule has 0 aliphatic heterocycles. The van der Waals surface area contributed by atoms with Crippen molar-refractivity contribution in [3.05, 3.63) is 53.8 Å². The number of oxazole rings is 1. The van der Waals surface area contributed by atoms with Crippen LogP contribution in [0.4, 0.5) is 0 Å². The van der Waals surface area contributed by atoms with Gasteiger partial charge in [-0.2, -0.15) is 0 Å². The number of rotatable bonds is 2. The van der Waals surface area contributed by atoms with Gasteiger partial charge in [0.2, 0.25) is 5.89 Å². The van der Waals surface area contributed by atoms with Gasteiger partial charge >= 0.3 is 0 Å². The highest BCUT2D eigenvalue weighted by atomic mass is 79.9. The van der Waals surface area contributed by atoms with E-state index < -0.39 is 0 Å². The second kappa shape index (κ2) is 4.78. The Balaban J connectivity index is 1.83. The van der Waals surface area contributed by atoms with Crippen molar-refractivity contribution < 1.29 is 4.42 Å². The first-order valence-corrected chi connectivity index (χ1v) is 6.95. The number of halogens is 1. The zero-order valence-electron chi connectivity index (χ0n) is 10.6. The molecular weight excluding hydrogens is 334 g/mol. The Morgan fingerprint density at radius 3 is 2.71 bits per heavy atom. The van der Waals surface area contributed by atoms with Crippen LogP contribution in [0.5, 0.6) is 0 Å². The van der Waals surface area contributed by atoms with Crippen LogP contribution in [0.2, 0.25) is 0 Å². The predicted octanol–water partition coefficient (Wildman–Crippen LogP) is 3.23. The number of hydrogen-bond acceptors (Lipinski definition) is 5. The highest BCUT2D eigenvalue weighted by molar-refractivity contribution is 9.10. The van der Waals surface area contributed by atoms with E-state index in [1.807, 2.05) is 28.8 Å². The van der Waals surface area contributed by atoms with E-state index in [0.717, 1.165) is 21.2 Å². The third kappa shape index (κ3) is 2.21. The number of aromatic nitrogens is 5. The van der Waals surface area contributed by atoms with Crippen LogP contribution >= 0.6 is 15.9 Å². The molecule has 102 valence electrons. The Bertz CT molecular complexity index is 916. The summed E-state index contributed by atoms with van der Waals surface area (Å²) in [4.78, 5) is 8.60. The van der Waals surface area contributed by atoms with Crippen LogP contribution in [0.15, 0.2) is 58.2 Å². The molecule has 1 aromatic carbocycles. The van der Waals surface area contributed by atoms with Crippen molar-refractivity contribution in [2.75, 3.05) is 0 Å². The summed E-state index contributed by atoms with van der Waals surface area (Å²) in [6.45, 7) is 0. The first kappa shape index (κ1) is 12.2. The van der Waals surface area contributed by atoms with Gasteiger partial charge in [0, 0.05) is 22.9 Å². The minimum absolute atomic E-state index is 0.541. The summed E-state index contributed by atoms with van der Waals surface area (Å²) in [5.74, 6) is 0.541. The van der Waals surface area contributed by atoms with Gasteiger partial charge in [-0.3, -0.25) is 9.55 Å². The Morgan fingerprint density at radius 2 is 1.90 bits per heavy atom. The van der Waals surface area contributed by atoms with E-state index in [-0.39, 0.29) is 0 Å². The van der Waals surface area contributed by atoms with Gasteiger partial charge < -0.3 is 4.42 Å². The van der Waals surface area contributed by atoms with Crippen molar-refractivity contribution in [2.24, 2.45) is 0 Å². The fraction of sp³-hybridized carbons (Fsp3) is 0. The highest BCUT2D eigenvalue weighted by Gasteiger charge is 2.10. The van der Waals surface area contributed by atoms with Crippen molar-refractivity contribution >= 4 is 27.0 Å². The highest BCUT2D eigenvalue weighted by Crippen LogP contribution is 2.26. The zero-order chi connectivity index (χ0) is 14.2. The molecule has 0 radical (unpaired) electrons. The first-order chi connectivity index (χ1) is 10.3. The molecule has 3 heterocycles. The molecule has 0 saturated heterocycles. The quantitative estimate of drug-likeness (QED) is 0.559. The van der Waals surface area contributed by atoms with Gasteiger partial charge in [0.05, 0.1) is 11.3 Å². The van der Waals surface area contributed by atoms with E-state index in [9.17, 15) is 0 Å². The standard InChI is InChI=1S/C14H8BrN5O/c15-10-3-9(5-16-6-10)14-19-12-2-1-11(4-13(12)21-14)20-7-17-18-8-20/h1-8H. The minimum atomic E-state index is 0.541. The van der Waals surface area contributed by atoms with E-state index in [4.69, 9.17) is 4.42 Å². The number of hydrogen-bond donors (Lipinski definition) is 0. The Kier molecular flexibility index (Phi) is 2.78. The molecule has 3 aromatic heterocycles. The smallest absolute Gasteiger partial charge is 0.228 e. The summed E-state index contributed by atoms with van der Waals surface area (Å²) >= 11 is 3.39. The molecule has 0 spiro atoms.